The number of hydrogen-bond donors (Lipinski definition) is 1. The van der Waals surface area contributed by atoms with Crippen LogP contribution in [0.2, 0.25) is 0 Å². The lowest BCUT2D eigenvalue weighted by Crippen LogP contribution is -2.31. The molecule has 1 saturated heterocycles. The Morgan fingerprint density at radius 3 is 2.67 bits per heavy atom. The van der Waals surface area contributed by atoms with Gasteiger partial charge in [-0.3, -0.25) is 9.69 Å². The topological polar surface area (TPSA) is 78.4 Å². The Morgan fingerprint density at radius 2 is 1.97 bits per heavy atom. The quantitative estimate of drug-likeness (QED) is 0.627. The number of thiazole rings is 2. The summed E-state index contributed by atoms with van der Waals surface area (Å²) >= 11 is 2.75. The Labute approximate surface area is 181 Å². The average Bonchev–Trinajstić information content (AvgIpc) is 3.41. The van der Waals surface area contributed by atoms with Crippen LogP contribution in [0.25, 0.3) is 0 Å². The summed E-state index contributed by atoms with van der Waals surface area (Å²) in [4.78, 5) is 37.9. The molecule has 0 saturated carbocycles. The van der Waals surface area contributed by atoms with Crippen molar-refractivity contribution < 1.29 is 14.0 Å². The number of nitrogens with zero attached hydrogens (tertiary/aromatic N) is 4. The van der Waals surface area contributed by atoms with Gasteiger partial charge in [-0.05, 0) is 31.5 Å². The van der Waals surface area contributed by atoms with Gasteiger partial charge in [0.15, 0.2) is 5.13 Å². The standard InChI is InChI=1S/C20H20FN5O2S2/c1-12-17(18(27)22-9-16-11-29-13(2)24-16)30-19(23-12)26-8-7-25(20(26)28)10-14-3-5-15(21)6-4-14/h3-6,11H,7-10H2,1-2H3,(H,22,27). The van der Waals surface area contributed by atoms with E-state index in [1.54, 1.807) is 28.9 Å². The van der Waals surface area contributed by atoms with E-state index in [1.807, 2.05) is 12.3 Å². The van der Waals surface area contributed by atoms with E-state index in [0.29, 0.717) is 41.9 Å². The van der Waals surface area contributed by atoms with Crippen molar-refractivity contribution in [3.8, 4) is 0 Å². The smallest absolute Gasteiger partial charge is 0.326 e. The predicted octanol–water partition coefficient (Wildman–Crippen LogP) is 3.73. The summed E-state index contributed by atoms with van der Waals surface area (Å²) in [6.07, 6.45) is 0. The summed E-state index contributed by atoms with van der Waals surface area (Å²) in [5.74, 6) is -0.529. The number of rotatable bonds is 6. The van der Waals surface area contributed by atoms with Crippen LogP contribution in [-0.2, 0) is 13.1 Å². The van der Waals surface area contributed by atoms with E-state index < -0.39 is 0 Å². The second-order valence-corrected chi connectivity index (χ2v) is 8.97. The van der Waals surface area contributed by atoms with Gasteiger partial charge in [-0.2, -0.15) is 0 Å². The van der Waals surface area contributed by atoms with Gasteiger partial charge in [0.05, 0.1) is 22.9 Å². The Balaban J connectivity index is 1.41. The molecule has 0 bridgehead atoms. The molecule has 3 amide bonds. The highest BCUT2D eigenvalue weighted by Crippen LogP contribution is 2.29. The molecular formula is C20H20FN5O2S2. The first-order chi connectivity index (χ1) is 14.4. The van der Waals surface area contributed by atoms with Gasteiger partial charge < -0.3 is 10.2 Å². The van der Waals surface area contributed by atoms with Crippen molar-refractivity contribution in [2.24, 2.45) is 0 Å². The third kappa shape index (κ3) is 4.34. The van der Waals surface area contributed by atoms with Crippen molar-refractivity contribution in [3.05, 3.63) is 62.3 Å². The lowest BCUT2D eigenvalue weighted by Gasteiger charge is -2.16. The molecule has 10 heteroatoms. The van der Waals surface area contributed by atoms with Crippen LogP contribution in [0.15, 0.2) is 29.6 Å². The van der Waals surface area contributed by atoms with E-state index in [2.05, 4.69) is 15.3 Å². The van der Waals surface area contributed by atoms with Crippen LogP contribution in [0.3, 0.4) is 0 Å². The molecule has 4 rings (SSSR count). The van der Waals surface area contributed by atoms with Crippen molar-refractivity contribution in [3.63, 3.8) is 0 Å². The maximum atomic E-state index is 13.1. The normalized spacial score (nSPS) is 13.9. The number of anilines is 1. The summed E-state index contributed by atoms with van der Waals surface area (Å²) in [5, 5.41) is 6.24. The molecule has 0 unspecified atom stereocenters. The number of benzene rings is 1. The van der Waals surface area contributed by atoms with Gasteiger partial charge in [0.1, 0.15) is 10.7 Å². The fraction of sp³-hybridized carbons (Fsp3) is 0.300. The minimum atomic E-state index is -0.304. The molecule has 0 spiro atoms. The first-order valence-corrected chi connectivity index (χ1v) is 11.1. The van der Waals surface area contributed by atoms with Crippen LogP contribution in [0.4, 0.5) is 14.3 Å². The summed E-state index contributed by atoms with van der Waals surface area (Å²) in [6.45, 7) is 5.47. The van der Waals surface area contributed by atoms with Gasteiger partial charge in [-0.15, -0.1) is 11.3 Å². The van der Waals surface area contributed by atoms with E-state index in [9.17, 15) is 14.0 Å². The Morgan fingerprint density at radius 1 is 1.20 bits per heavy atom. The molecule has 1 aliphatic heterocycles. The highest BCUT2D eigenvalue weighted by Gasteiger charge is 2.32. The zero-order valence-corrected chi connectivity index (χ0v) is 18.1. The number of carbonyl (C=O) groups is 2. The first kappa shape index (κ1) is 20.4. The largest absolute Gasteiger partial charge is 0.346 e. The molecule has 3 aromatic rings. The Hall–Kier alpha value is -2.85. The number of amides is 3. The summed E-state index contributed by atoms with van der Waals surface area (Å²) in [6, 6.07) is 5.94. The fourth-order valence-corrected chi connectivity index (χ4v) is 4.78. The third-order valence-corrected chi connectivity index (χ3v) is 6.70. The van der Waals surface area contributed by atoms with Gasteiger partial charge >= 0.3 is 6.03 Å². The maximum absolute atomic E-state index is 13.1. The molecule has 1 fully saturated rings. The number of aryl methyl sites for hydroxylation is 2. The minimum absolute atomic E-state index is 0.169. The number of halogens is 1. The fourth-order valence-electron chi connectivity index (χ4n) is 3.17. The maximum Gasteiger partial charge on any atom is 0.326 e. The van der Waals surface area contributed by atoms with E-state index in [-0.39, 0.29) is 17.8 Å². The number of urea groups is 1. The van der Waals surface area contributed by atoms with E-state index in [0.717, 1.165) is 16.3 Å². The summed E-state index contributed by atoms with van der Waals surface area (Å²) < 4.78 is 13.1. The lowest BCUT2D eigenvalue weighted by molar-refractivity contribution is 0.0953. The predicted molar refractivity (Wildman–Crippen MR) is 114 cm³/mol. The number of aromatic nitrogens is 2. The SMILES string of the molecule is Cc1nc(CNC(=O)c2sc(N3CCN(Cc4ccc(F)cc4)C3=O)nc2C)cs1. The molecule has 0 aliphatic carbocycles. The molecule has 1 aliphatic rings. The van der Waals surface area contributed by atoms with Gasteiger partial charge in [-0.1, -0.05) is 23.5 Å². The Kier molecular flexibility index (Phi) is 5.78. The first-order valence-electron chi connectivity index (χ1n) is 9.38. The summed E-state index contributed by atoms with van der Waals surface area (Å²) in [7, 11) is 0. The highest BCUT2D eigenvalue weighted by molar-refractivity contribution is 7.17. The minimum Gasteiger partial charge on any atom is -0.346 e. The van der Waals surface area contributed by atoms with Gasteiger partial charge in [0, 0.05) is 25.0 Å². The third-order valence-electron chi connectivity index (χ3n) is 4.70. The molecule has 30 heavy (non-hydrogen) atoms. The zero-order chi connectivity index (χ0) is 21.3. The average molecular weight is 446 g/mol. The molecule has 0 atom stereocenters. The molecule has 3 heterocycles. The van der Waals surface area contributed by atoms with Crippen molar-refractivity contribution in [1.29, 1.82) is 0 Å². The van der Waals surface area contributed by atoms with Crippen molar-refractivity contribution >= 4 is 39.7 Å². The van der Waals surface area contributed by atoms with E-state index in [1.165, 1.54) is 34.8 Å². The van der Waals surface area contributed by atoms with Gasteiger partial charge in [-0.25, -0.2) is 19.2 Å². The number of hydrogen-bond acceptors (Lipinski definition) is 6. The van der Waals surface area contributed by atoms with Crippen LogP contribution >= 0.6 is 22.7 Å². The van der Waals surface area contributed by atoms with E-state index in [4.69, 9.17) is 0 Å². The monoisotopic (exact) mass is 445 g/mol. The molecule has 7 nitrogen and oxygen atoms in total. The molecular weight excluding hydrogens is 425 g/mol. The second-order valence-electron chi connectivity index (χ2n) is 6.93. The number of nitrogens with one attached hydrogen (secondary N) is 1. The van der Waals surface area contributed by atoms with Crippen LogP contribution < -0.4 is 10.2 Å². The lowest BCUT2D eigenvalue weighted by atomic mass is 10.2. The van der Waals surface area contributed by atoms with Crippen molar-refractivity contribution in [1.82, 2.24) is 20.2 Å². The molecule has 1 aromatic carbocycles. The van der Waals surface area contributed by atoms with Gasteiger partial charge in [0.25, 0.3) is 5.91 Å². The van der Waals surface area contributed by atoms with Crippen LogP contribution in [-0.4, -0.2) is 39.9 Å². The molecule has 0 radical (unpaired) electrons. The van der Waals surface area contributed by atoms with E-state index >= 15 is 0 Å². The van der Waals surface area contributed by atoms with Crippen LogP contribution in [0.5, 0.6) is 0 Å². The van der Waals surface area contributed by atoms with Gasteiger partial charge in [0.2, 0.25) is 0 Å². The molecule has 1 N–H and O–H groups in total. The Bertz CT molecular complexity index is 1080. The van der Waals surface area contributed by atoms with Crippen molar-refractivity contribution in [2.75, 3.05) is 18.0 Å². The van der Waals surface area contributed by atoms with Crippen LogP contribution in [0, 0.1) is 19.7 Å². The zero-order valence-electron chi connectivity index (χ0n) is 16.5. The second kappa shape index (κ2) is 8.49. The highest BCUT2D eigenvalue weighted by atomic mass is 32.1. The molecule has 2 aromatic heterocycles. The van der Waals surface area contributed by atoms with Crippen LogP contribution in [0.1, 0.15) is 31.6 Å². The molecule has 156 valence electrons. The number of carbonyl (C=O) groups excluding carboxylic acids is 2. The van der Waals surface area contributed by atoms with Crippen molar-refractivity contribution in [2.45, 2.75) is 26.9 Å². The summed E-state index contributed by atoms with van der Waals surface area (Å²) in [5.41, 5.74) is 2.27.